The van der Waals surface area contributed by atoms with Crippen molar-refractivity contribution in [3.05, 3.63) is 35.9 Å². The lowest BCUT2D eigenvalue weighted by Gasteiger charge is -2.30. The summed E-state index contributed by atoms with van der Waals surface area (Å²) in [4.78, 5) is 25.9. The number of benzene rings is 1. The molecule has 3 aliphatic rings. The van der Waals surface area contributed by atoms with E-state index in [1.807, 2.05) is 58.0 Å². The van der Waals surface area contributed by atoms with Crippen molar-refractivity contribution in [3.63, 3.8) is 0 Å². The first-order chi connectivity index (χ1) is 16.9. The number of alkyl carbamates (subject to hydrolysis) is 1. The molecule has 1 amide bonds. The van der Waals surface area contributed by atoms with Crippen LogP contribution in [0.5, 0.6) is 0 Å². The highest BCUT2D eigenvalue weighted by Gasteiger charge is 2.60. The van der Waals surface area contributed by atoms with Crippen molar-refractivity contribution < 1.29 is 42.7 Å². The van der Waals surface area contributed by atoms with Gasteiger partial charge in [-0.25, -0.2) is 9.59 Å². The first kappa shape index (κ1) is 26.8. The number of esters is 1. The van der Waals surface area contributed by atoms with Crippen LogP contribution in [-0.2, 0) is 44.6 Å². The molecule has 0 radical (unpaired) electrons. The fraction of sp³-hybridized carbons (Fsp3) is 0.692. The standard InChI is InChI=1S/C26H37NO9/c1-15(2)12-17(27-24(29)30-13-16-10-8-7-9-11-16)22(28)32-20-19(18-14-31-25(3,4)34-18)33-23-21(20)35-26(5,6)36-23/h7-11,15,17-21,23H,12-14H2,1-6H3,(H,27,29)/t17-,18+,19+,20+,21-,23+/m1/s1. The van der Waals surface area contributed by atoms with Crippen LogP contribution in [0.3, 0.4) is 0 Å². The number of carbonyl (C=O) groups excluding carboxylic acids is 2. The summed E-state index contributed by atoms with van der Waals surface area (Å²) in [6.07, 6.45) is -3.66. The number of rotatable bonds is 8. The lowest BCUT2D eigenvalue weighted by molar-refractivity contribution is -0.235. The summed E-state index contributed by atoms with van der Waals surface area (Å²) in [6, 6.07) is 8.39. The molecule has 0 unspecified atom stereocenters. The summed E-state index contributed by atoms with van der Waals surface area (Å²) >= 11 is 0. The fourth-order valence-corrected chi connectivity index (χ4v) is 4.62. The third-order valence-corrected chi connectivity index (χ3v) is 6.17. The highest BCUT2D eigenvalue weighted by molar-refractivity contribution is 5.81. The van der Waals surface area contributed by atoms with Crippen molar-refractivity contribution in [1.29, 1.82) is 0 Å². The first-order valence-electron chi connectivity index (χ1n) is 12.4. The number of hydrogen-bond donors (Lipinski definition) is 1. The van der Waals surface area contributed by atoms with E-state index in [0.717, 1.165) is 5.56 Å². The van der Waals surface area contributed by atoms with E-state index in [4.69, 9.17) is 33.2 Å². The minimum atomic E-state index is -0.916. The Morgan fingerprint density at radius 3 is 2.39 bits per heavy atom. The van der Waals surface area contributed by atoms with Crippen molar-refractivity contribution in [1.82, 2.24) is 5.32 Å². The maximum Gasteiger partial charge on any atom is 0.408 e. The second-order valence-corrected chi connectivity index (χ2v) is 10.7. The fourth-order valence-electron chi connectivity index (χ4n) is 4.62. The zero-order valence-electron chi connectivity index (χ0n) is 21.7. The van der Waals surface area contributed by atoms with Gasteiger partial charge in [0.15, 0.2) is 30.1 Å². The second-order valence-electron chi connectivity index (χ2n) is 10.7. The summed E-state index contributed by atoms with van der Waals surface area (Å²) in [6.45, 7) is 11.4. The summed E-state index contributed by atoms with van der Waals surface area (Å²) < 4.78 is 41.0. The molecule has 6 atom stereocenters. The van der Waals surface area contributed by atoms with Gasteiger partial charge < -0.3 is 38.5 Å². The summed E-state index contributed by atoms with van der Waals surface area (Å²) in [7, 11) is 0. The largest absolute Gasteiger partial charge is 0.455 e. The van der Waals surface area contributed by atoms with Crippen molar-refractivity contribution >= 4 is 12.1 Å². The van der Waals surface area contributed by atoms with Gasteiger partial charge in [-0.3, -0.25) is 0 Å². The van der Waals surface area contributed by atoms with Crippen molar-refractivity contribution in [3.8, 4) is 0 Å². The van der Waals surface area contributed by atoms with Gasteiger partial charge in [0.25, 0.3) is 0 Å². The van der Waals surface area contributed by atoms with Crippen LogP contribution in [0.1, 0.15) is 53.5 Å². The quantitative estimate of drug-likeness (QED) is 0.530. The number of hydrogen-bond acceptors (Lipinski definition) is 9. The lowest BCUT2D eigenvalue weighted by Crippen LogP contribution is -2.49. The molecular formula is C26H37NO9. The molecule has 10 nitrogen and oxygen atoms in total. The maximum absolute atomic E-state index is 13.4. The monoisotopic (exact) mass is 507 g/mol. The average molecular weight is 508 g/mol. The molecule has 1 aromatic carbocycles. The highest BCUT2D eigenvalue weighted by Crippen LogP contribution is 2.42. The molecule has 3 heterocycles. The Kier molecular flexibility index (Phi) is 7.92. The number of fused-ring (bicyclic) bond motifs is 1. The molecular weight excluding hydrogens is 470 g/mol. The number of amides is 1. The Balaban J connectivity index is 1.44. The predicted molar refractivity (Wildman–Crippen MR) is 126 cm³/mol. The molecule has 0 aromatic heterocycles. The molecule has 1 N–H and O–H groups in total. The van der Waals surface area contributed by atoms with Crippen LogP contribution >= 0.6 is 0 Å². The zero-order valence-corrected chi connectivity index (χ0v) is 21.7. The number of carbonyl (C=O) groups is 2. The third-order valence-electron chi connectivity index (χ3n) is 6.17. The number of nitrogens with one attached hydrogen (secondary N) is 1. The van der Waals surface area contributed by atoms with Gasteiger partial charge in [0.05, 0.1) is 6.61 Å². The van der Waals surface area contributed by atoms with E-state index in [0.29, 0.717) is 6.42 Å². The first-order valence-corrected chi connectivity index (χ1v) is 12.4. The summed E-state index contributed by atoms with van der Waals surface area (Å²) in [5, 5.41) is 2.66. The molecule has 36 heavy (non-hydrogen) atoms. The minimum absolute atomic E-state index is 0.0908. The molecule has 10 heteroatoms. The van der Waals surface area contributed by atoms with Gasteiger partial charge in [0, 0.05) is 0 Å². The topological polar surface area (TPSA) is 111 Å². The summed E-state index contributed by atoms with van der Waals surface area (Å²) in [5.41, 5.74) is 0.843. The van der Waals surface area contributed by atoms with Gasteiger partial charge in [-0.05, 0) is 45.6 Å². The molecule has 0 spiro atoms. The van der Waals surface area contributed by atoms with Gasteiger partial charge in [-0.2, -0.15) is 0 Å². The van der Waals surface area contributed by atoms with Crippen LogP contribution in [0.25, 0.3) is 0 Å². The molecule has 3 saturated heterocycles. The predicted octanol–water partition coefficient (Wildman–Crippen LogP) is 3.27. The van der Waals surface area contributed by atoms with Gasteiger partial charge in [-0.1, -0.05) is 44.2 Å². The van der Waals surface area contributed by atoms with E-state index < -0.39 is 60.4 Å². The zero-order chi connectivity index (χ0) is 26.1. The Bertz CT molecular complexity index is 919. The molecule has 0 aliphatic carbocycles. The molecule has 3 aliphatic heterocycles. The Hall–Kier alpha value is -2.24. The number of ether oxygens (including phenoxy) is 7. The van der Waals surface area contributed by atoms with E-state index in [1.54, 1.807) is 13.8 Å². The van der Waals surface area contributed by atoms with Crippen LogP contribution in [0.15, 0.2) is 30.3 Å². The molecule has 3 fully saturated rings. The third kappa shape index (κ3) is 6.54. The molecule has 0 bridgehead atoms. The van der Waals surface area contributed by atoms with E-state index in [-0.39, 0.29) is 19.1 Å². The van der Waals surface area contributed by atoms with Gasteiger partial charge in [0.2, 0.25) is 0 Å². The van der Waals surface area contributed by atoms with Gasteiger partial charge >= 0.3 is 12.1 Å². The molecule has 0 saturated carbocycles. The molecule has 200 valence electrons. The highest BCUT2D eigenvalue weighted by atomic mass is 16.8. The smallest absolute Gasteiger partial charge is 0.408 e. The Morgan fingerprint density at radius 2 is 1.75 bits per heavy atom. The van der Waals surface area contributed by atoms with Crippen LogP contribution in [0.2, 0.25) is 0 Å². The van der Waals surface area contributed by atoms with E-state index >= 15 is 0 Å². The van der Waals surface area contributed by atoms with Crippen LogP contribution in [0.4, 0.5) is 4.79 Å². The average Bonchev–Trinajstić information content (AvgIpc) is 3.41. The maximum atomic E-state index is 13.4. The minimum Gasteiger partial charge on any atom is -0.455 e. The Morgan fingerprint density at radius 1 is 1.03 bits per heavy atom. The van der Waals surface area contributed by atoms with Crippen LogP contribution in [0, 0.1) is 5.92 Å². The normalized spacial score (nSPS) is 31.1. The lowest BCUT2D eigenvalue weighted by atomic mass is 10.0. The van der Waals surface area contributed by atoms with Gasteiger partial charge in [-0.15, -0.1) is 0 Å². The van der Waals surface area contributed by atoms with E-state index in [2.05, 4.69) is 5.32 Å². The molecule has 1 aromatic rings. The Labute approximate surface area is 211 Å². The van der Waals surface area contributed by atoms with Crippen molar-refractivity contribution in [2.45, 2.75) is 103 Å². The van der Waals surface area contributed by atoms with Crippen LogP contribution < -0.4 is 5.32 Å². The van der Waals surface area contributed by atoms with Crippen molar-refractivity contribution in [2.24, 2.45) is 5.92 Å². The van der Waals surface area contributed by atoms with E-state index in [1.165, 1.54) is 0 Å². The SMILES string of the molecule is CC(C)C[C@@H](NC(=O)OCc1ccccc1)C(=O)O[C@H]1[C@H]([C@@H]2COC(C)(C)O2)O[C@H]2OC(C)(C)O[C@@H]21. The van der Waals surface area contributed by atoms with E-state index in [9.17, 15) is 9.59 Å². The second kappa shape index (κ2) is 10.6. The van der Waals surface area contributed by atoms with Crippen LogP contribution in [-0.4, -0.2) is 67.0 Å². The summed E-state index contributed by atoms with van der Waals surface area (Å²) in [5.74, 6) is -2.18. The van der Waals surface area contributed by atoms with Gasteiger partial charge in [0.1, 0.15) is 24.9 Å². The van der Waals surface area contributed by atoms with Crippen molar-refractivity contribution in [2.75, 3.05) is 6.61 Å². The molecule has 4 rings (SSSR count).